The fraction of sp³-hybridized carbons (Fsp3) is 0.545. The molecule has 0 bridgehead atoms. The monoisotopic (exact) mass is 191 g/mol. The lowest BCUT2D eigenvalue weighted by molar-refractivity contribution is 0.247. The lowest BCUT2D eigenvalue weighted by atomic mass is 10.1. The molecule has 1 aromatic rings. The van der Waals surface area contributed by atoms with Crippen LogP contribution >= 0.6 is 0 Å². The van der Waals surface area contributed by atoms with Crippen molar-refractivity contribution in [1.29, 1.82) is 0 Å². The van der Waals surface area contributed by atoms with Gasteiger partial charge in [-0.1, -0.05) is 6.07 Å². The first kappa shape index (κ1) is 9.62. The van der Waals surface area contributed by atoms with Gasteiger partial charge in [-0.05, 0) is 31.5 Å². The molecule has 1 saturated heterocycles. The van der Waals surface area contributed by atoms with Crippen LogP contribution in [0.5, 0.6) is 0 Å². The number of rotatable bonds is 2. The lowest BCUT2D eigenvalue weighted by Gasteiger charge is -2.24. The van der Waals surface area contributed by atoms with Crippen molar-refractivity contribution in [1.82, 2.24) is 9.88 Å². The maximum atomic E-state index is 5.71. The van der Waals surface area contributed by atoms with E-state index in [2.05, 4.69) is 23.0 Å². The molecule has 1 aliphatic rings. The van der Waals surface area contributed by atoms with Gasteiger partial charge in [0.25, 0.3) is 0 Å². The van der Waals surface area contributed by atoms with Crippen LogP contribution in [-0.4, -0.2) is 29.5 Å². The van der Waals surface area contributed by atoms with Crippen LogP contribution in [0.25, 0.3) is 0 Å². The minimum atomic E-state index is 0.511. The van der Waals surface area contributed by atoms with E-state index in [0.29, 0.717) is 12.1 Å². The SMILES string of the molecule is CN1C(CN)CC[C@H]1c1cccnc1. The Bertz CT molecular complexity index is 286. The molecule has 2 N–H and O–H groups in total. The molecule has 3 nitrogen and oxygen atoms in total. The van der Waals surface area contributed by atoms with Gasteiger partial charge in [-0.3, -0.25) is 9.88 Å². The standard InChI is InChI=1S/C11H17N3/c1-14-10(7-12)4-5-11(14)9-3-2-6-13-8-9/h2-3,6,8,10-11H,4-5,7,12H2,1H3/t10?,11-/m0/s1. The highest BCUT2D eigenvalue weighted by Gasteiger charge is 2.30. The third-order valence-corrected chi connectivity index (χ3v) is 3.18. The molecule has 0 aromatic carbocycles. The predicted octanol–water partition coefficient (Wildman–Crippen LogP) is 1.18. The van der Waals surface area contributed by atoms with Crippen LogP contribution in [0, 0.1) is 0 Å². The van der Waals surface area contributed by atoms with E-state index in [0.717, 1.165) is 6.54 Å². The van der Waals surface area contributed by atoms with Crippen molar-refractivity contribution in [3.8, 4) is 0 Å². The van der Waals surface area contributed by atoms with Crippen LogP contribution in [0.3, 0.4) is 0 Å². The summed E-state index contributed by atoms with van der Waals surface area (Å²) in [6, 6.07) is 5.20. The smallest absolute Gasteiger partial charge is 0.0364 e. The van der Waals surface area contributed by atoms with Gasteiger partial charge in [-0.2, -0.15) is 0 Å². The van der Waals surface area contributed by atoms with Gasteiger partial charge in [0.05, 0.1) is 0 Å². The number of aromatic nitrogens is 1. The maximum absolute atomic E-state index is 5.71. The second kappa shape index (κ2) is 4.07. The minimum absolute atomic E-state index is 0.511. The molecule has 0 amide bonds. The first-order valence-corrected chi connectivity index (χ1v) is 5.15. The van der Waals surface area contributed by atoms with Gasteiger partial charge in [-0.15, -0.1) is 0 Å². The Balaban J connectivity index is 2.14. The summed E-state index contributed by atoms with van der Waals surface area (Å²) in [5, 5.41) is 0. The van der Waals surface area contributed by atoms with Crippen molar-refractivity contribution in [3.05, 3.63) is 30.1 Å². The zero-order valence-corrected chi connectivity index (χ0v) is 8.56. The number of hydrogen-bond acceptors (Lipinski definition) is 3. The van der Waals surface area contributed by atoms with Gasteiger partial charge in [0.1, 0.15) is 0 Å². The average Bonchev–Trinajstić information content (AvgIpc) is 2.61. The summed E-state index contributed by atoms with van der Waals surface area (Å²) in [5.74, 6) is 0. The summed E-state index contributed by atoms with van der Waals surface area (Å²) in [5.41, 5.74) is 7.02. The van der Waals surface area contributed by atoms with Crippen LogP contribution in [0.4, 0.5) is 0 Å². The van der Waals surface area contributed by atoms with E-state index in [1.807, 2.05) is 18.5 Å². The van der Waals surface area contributed by atoms with Crippen molar-refractivity contribution in [3.63, 3.8) is 0 Å². The van der Waals surface area contributed by atoms with Crippen LogP contribution in [-0.2, 0) is 0 Å². The molecular formula is C11H17N3. The summed E-state index contributed by atoms with van der Waals surface area (Å²) in [6.45, 7) is 0.757. The van der Waals surface area contributed by atoms with Crippen LogP contribution < -0.4 is 5.73 Å². The molecule has 2 atom stereocenters. The molecule has 1 unspecified atom stereocenters. The second-order valence-electron chi connectivity index (χ2n) is 3.93. The zero-order chi connectivity index (χ0) is 9.97. The molecule has 1 fully saturated rings. The van der Waals surface area contributed by atoms with Crippen LogP contribution in [0.1, 0.15) is 24.4 Å². The molecular weight excluding hydrogens is 174 g/mol. The molecule has 0 saturated carbocycles. The summed E-state index contributed by atoms with van der Waals surface area (Å²) in [4.78, 5) is 6.53. The molecule has 76 valence electrons. The van der Waals surface area contributed by atoms with Gasteiger partial charge in [0.2, 0.25) is 0 Å². The number of nitrogens with two attached hydrogens (primary N) is 1. The third kappa shape index (κ3) is 1.65. The average molecular weight is 191 g/mol. The summed E-state index contributed by atoms with van der Waals surface area (Å²) >= 11 is 0. The molecule has 0 spiro atoms. The first-order chi connectivity index (χ1) is 6.83. The number of pyridine rings is 1. The van der Waals surface area contributed by atoms with E-state index in [4.69, 9.17) is 5.73 Å². The van der Waals surface area contributed by atoms with Crippen LogP contribution in [0.15, 0.2) is 24.5 Å². The van der Waals surface area contributed by atoms with Crippen molar-refractivity contribution in [2.45, 2.75) is 24.9 Å². The van der Waals surface area contributed by atoms with Crippen molar-refractivity contribution < 1.29 is 0 Å². The number of nitrogens with zero attached hydrogens (tertiary/aromatic N) is 2. The highest BCUT2D eigenvalue weighted by Crippen LogP contribution is 2.33. The quantitative estimate of drug-likeness (QED) is 0.763. The van der Waals surface area contributed by atoms with Gasteiger partial charge in [0.15, 0.2) is 0 Å². The molecule has 1 aliphatic heterocycles. The van der Waals surface area contributed by atoms with E-state index in [-0.39, 0.29) is 0 Å². The van der Waals surface area contributed by atoms with Crippen molar-refractivity contribution >= 4 is 0 Å². The molecule has 0 radical (unpaired) electrons. The van der Waals surface area contributed by atoms with E-state index in [1.54, 1.807) is 0 Å². The van der Waals surface area contributed by atoms with E-state index < -0.39 is 0 Å². The normalized spacial score (nSPS) is 28.1. The van der Waals surface area contributed by atoms with Crippen molar-refractivity contribution in [2.24, 2.45) is 5.73 Å². The number of likely N-dealkylation sites (N-methyl/N-ethyl adjacent to an activating group) is 1. The second-order valence-corrected chi connectivity index (χ2v) is 3.93. The van der Waals surface area contributed by atoms with Gasteiger partial charge in [-0.25, -0.2) is 0 Å². The van der Waals surface area contributed by atoms with Gasteiger partial charge < -0.3 is 5.73 Å². The Hall–Kier alpha value is -0.930. The van der Waals surface area contributed by atoms with Crippen molar-refractivity contribution in [2.75, 3.05) is 13.6 Å². The largest absolute Gasteiger partial charge is 0.329 e. The Morgan fingerprint density at radius 3 is 3.00 bits per heavy atom. The van der Waals surface area contributed by atoms with Gasteiger partial charge in [0, 0.05) is 31.0 Å². The molecule has 3 heteroatoms. The molecule has 2 heterocycles. The minimum Gasteiger partial charge on any atom is -0.329 e. The molecule has 1 aromatic heterocycles. The molecule has 2 rings (SSSR count). The fourth-order valence-electron chi connectivity index (χ4n) is 2.27. The molecule has 0 aliphatic carbocycles. The predicted molar refractivity (Wildman–Crippen MR) is 56.8 cm³/mol. The Labute approximate surface area is 84.9 Å². The Morgan fingerprint density at radius 1 is 1.57 bits per heavy atom. The zero-order valence-electron chi connectivity index (χ0n) is 8.56. The lowest BCUT2D eigenvalue weighted by Crippen LogP contribution is -2.33. The van der Waals surface area contributed by atoms with E-state index in [9.17, 15) is 0 Å². The van der Waals surface area contributed by atoms with Gasteiger partial charge >= 0.3 is 0 Å². The van der Waals surface area contributed by atoms with E-state index in [1.165, 1.54) is 18.4 Å². The highest BCUT2D eigenvalue weighted by molar-refractivity contribution is 5.15. The fourth-order valence-corrected chi connectivity index (χ4v) is 2.27. The molecule has 14 heavy (non-hydrogen) atoms. The van der Waals surface area contributed by atoms with Crippen LogP contribution in [0.2, 0.25) is 0 Å². The third-order valence-electron chi connectivity index (χ3n) is 3.18. The Kier molecular flexibility index (Phi) is 2.79. The summed E-state index contributed by atoms with van der Waals surface area (Å²) in [7, 11) is 2.15. The summed E-state index contributed by atoms with van der Waals surface area (Å²) < 4.78 is 0. The highest BCUT2D eigenvalue weighted by atomic mass is 15.2. The Morgan fingerprint density at radius 2 is 2.43 bits per heavy atom. The number of likely N-dealkylation sites (tertiary alicyclic amines) is 1. The topological polar surface area (TPSA) is 42.1 Å². The first-order valence-electron chi connectivity index (χ1n) is 5.15. The maximum Gasteiger partial charge on any atom is 0.0364 e. The summed E-state index contributed by atoms with van der Waals surface area (Å²) in [6.07, 6.45) is 6.18. The number of hydrogen-bond donors (Lipinski definition) is 1. The van der Waals surface area contributed by atoms with E-state index >= 15 is 0 Å².